The quantitative estimate of drug-likeness (QED) is 0.360. The minimum Gasteiger partial charge on any atom is -0.493 e. The molecule has 7 rings (SSSR count). The fourth-order valence-corrected chi connectivity index (χ4v) is 5.62. The molecule has 1 saturated carbocycles. The van der Waals surface area contributed by atoms with Crippen LogP contribution < -0.4 is 24.3 Å². The van der Waals surface area contributed by atoms with Crippen molar-refractivity contribution in [2.24, 2.45) is 5.92 Å². The smallest absolute Gasteiger partial charge is 0.225 e. The molecule has 0 radical (unpaired) electrons. The average Bonchev–Trinajstić information content (AvgIpc) is 3.80. The zero-order valence-electron chi connectivity index (χ0n) is 23.1. The van der Waals surface area contributed by atoms with E-state index in [2.05, 4.69) is 10.3 Å². The molecule has 2 fully saturated rings. The Labute approximate surface area is 237 Å². The lowest BCUT2D eigenvalue weighted by Crippen LogP contribution is -2.45. The molecule has 41 heavy (non-hydrogen) atoms. The summed E-state index contributed by atoms with van der Waals surface area (Å²) in [6.07, 6.45) is 5.67. The monoisotopic (exact) mass is 556 g/mol. The fraction of sp³-hybridized carbons (Fsp3) is 0.400. The molecule has 1 unspecified atom stereocenters. The van der Waals surface area contributed by atoms with Gasteiger partial charge in [0.1, 0.15) is 24.9 Å². The van der Waals surface area contributed by atoms with E-state index in [1.54, 1.807) is 20.4 Å². The lowest BCUT2D eigenvalue weighted by Gasteiger charge is -2.33. The molecule has 2 aromatic carbocycles. The number of imidazole rings is 1. The highest BCUT2D eigenvalue weighted by molar-refractivity contribution is 5.86. The van der Waals surface area contributed by atoms with Crippen LogP contribution in [0.15, 0.2) is 42.6 Å². The number of ether oxygens (including phenoxy) is 4. The van der Waals surface area contributed by atoms with Crippen molar-refractivity contribution in [2.75, 3.05) is 45.8 Å². The van der Waals surface area contributed by atoms with E-state index in [-0.39, 0.29) is 17.9 Å². The molecule has 1 amide bonds. The summed E-state index contributed by atoms with van der Waals surface area (Å²) in [7, 11) is 3.22. The molecule has 4 heterocycles. The van der Waals surface area contributed by atoms with Gasteiger partial charge in [-0.05, 0) is 49.9 Å². The van der Waals surface area contributed by atoms with Crippen molar-refractivity contribution in [3.05, 3.63) is 42.6 Å². The molecule has 212 valence electrons. The van der Waals surface area contributed by atoms with E-state index in [1.165, 1.54) is 0 Å². The van der Waals surface area contributed by atoms with Gasteiger partial charge in [0.15, 0.2) is 23.0 Å². The number of hydrogen-bond acceptors (Lipinski definition) is 9. The second-order valence-electron chi connectivity index (χ2n) is 10.6. The maximum atomic E-state index is 12.7. The van der Waals surface area contributed by atoms with E-state index >= 15 is 0 Å². The van der Waals surface area contributed by atoms with Gasteiger partial charge < -0.3 is 29.2 Å². The first-order chi connectivity index (χ1) is 20.1. The summed E-state index contributed by atoms with van der Waals surface area (Å²) in [5.74, 6) is 4.89. The summed E-state index contributed by atoms with van der Waals surface area (Å²) in [5.41, 5.74) is 2.37. The Hall–Kier alpha value is -4.54. The van der Waals surface area contributed by atoms with Gasteiger partial charge in [-0.2, -0.15) is 4.98 Å². The van der Waals surface area contributed by atoms with Crippen molar-refractivity contribution < 1.29 is 23.7 Å². The lowest BCUT2D eigenvalue weighted by molar-refractivity contribution is -0.133. The van der Waals surface area contributed by atoms with Crippen LogP contribution in [0.3, 0.4) is 0 Å². The van der Waals surface area contributed by atoms with Gasteiger partial charge in [0, 0.05) is 48.9 Å². The third kappa shape index (κ3) is 4.85. The zero-order valence-corrected chi connectivity index (χ0v) is 23.1. The van der Waals surface area contributed by atoms with Crippen molar-refractivity contribution in [3.8, 4) is 40.2 Å². The largest absolute Gasteiger partial charge is 0.493 e. The number of hydrogen-bond donors (Lipinski definition) is 1. The van der Waals surface area contributed by atoms with E-state index < -0.39 is 0 Å². The molecule has 1 N–H and O–H groups in total. The van der Waals surface area contributed by atoms with Gasteiger partial charge in [0.25, 0.3) is 0 Å². The highest BCUT2D eigenvalue weighted by Gasteiger charge is 2.35. The van der Waals surface area contributed by atoms with Crippen molar-refractivity contribution >= 4 is 22.9 Å². The predicted molar refractivity (Wildman–Crippen MR) is 152 cm³/mol. The number of benzene rings is 2. The Balaban J connectivity index is 1.28. The van der Waals surface area contributed by atoms with Crippen LogP contribution in [0.4, 0.5) is 5.95 Å². The summed E-state index contributed by atoms with van der Waals surface area (Å²) in [6.45, 7) is 2.50. The molecule has 11 nitrogen and oxygen atoms in total. The first-order valence-electron chi connectivity index (χ1n) is 14.0. The molecule has 3 aliphatic rings. The maximum absolute atomic E-state index is 12.7. The molecule has 0 spiro atoms. The Kier molecular flexibility index (Phi) is 6.49. The van der Waals surface area contributed by atoms with E-state index in [4.69, 9.17) is 28.9 Å². The molecule has 1 aliphatic carbocycles. The highest BCUT2D eigenvalue weighted by Crippen LogP contribution is 2.39. The molecule has 2 aliphatic heterocycles. The number of anilines is 1. The van der Waals surface area contributed by atoms with Crippen LogP contribution in [-0.2, 0) is 4.79 Å². The van der Waals surface area contributed by atoms with Crippen LogP contribution in [0.1, 0.15) is 25.7 Å². The zero-order chi connectivity index (χ0) is 27.9. The minimum absolute atomic E-state index is 0.0860. The number of amides is 1. The molecule has 2 aromatic heterocycles. The molecular formula is C30H32N6O5. The third-order valence-corrected chi connectivity index (χ3v) is 7.82. The van der Waals surface area contributed by atoms with Crippen molar-refractivity contribution in [2.45, 2.75) is 31.7 Å². The Morgan fingerprint density at radius 1 is 0.976 bits per heavy atom. The van der Waals surface area contributed by atoms with Gasteiger partial charge in [-0.3, -0.25) is 9.36 Å². The number of nitrogens with zero attached hydrogens (tertiary/aromatic N) is 5. The van der Waals surface area contributed by atoms with Crippen LogP contribution in [0.2, 0.25) is 0 Å². The van der Waals surface area contributed by atoms with E-state index in [0.717, 1.165) is 48.8 Å². The summed E-state index contributed by atoms with van der Waals surface area (Å²) < 4.78 is 24.8. The van der Waals surface area contributed by atoms with Crippen LogP contribution in [0.25, 0.3) is 28.2 Å². The van der Waals surface area contributed by atoms with Gasteiger partial charge in [-0.15, -0.1) is 0 Å². The summed E-state index contributed by atoms with van der Waals surface area (Å²) in [6, 6.07) is 11.5. The van der Waals surface area contributed by atoms with Crippen molar-refractivity contribution in [1.82, 2.24) is 24.4 Å². The van der Waals surface area contributed by atoms with E-state index in [1.807, 2.05) is 45.9 Å². The maximum Gasteiger partial charge on any atom is 0.225 e. The van der Waals surface area contributed by atoms with Gasteiger partial charge >= 0.3 is 0 Å². The minimum atomic E-state index is 0.0860. The van der Waals surface area contributed by atoms with E-state index in [0.29, 0.717) is 60.3 Å². The Bertz CT molecular complexity index is 1620. The van der Waals surface area contributed by atoms with E-state index in [9.17, 15) is 4.79 Å². The van der Waals surface area contributed by atoms with Crippen molar-refractivity contribution in [1.29, 1.82) is 0 Å². The topological polar surface area (TPSA) is 113 Å². The Morgan fingerprint density at radius 2 is 1.78 bits per heavy atom. The predicted octanol–water partition coefficient (Wildman–Crippen LogP) is 4.08. The van der Waals surface area contributed by atoms with Gasteiger partial charge in [-0.25, -0.2) is 9.97 Å². The van der Waals surface area contributed by atoms with Gasteiger partial charge in [-0.1, -0.05) is 0 Å². The number of carbonyl (C=O) groups excluding carboxylic acids is 1. The third-order valence-electron chi connectivity index (χ3n) is 7.82. The molecular weight excluding hydrogens is 524 g/mol. The summed E-state index contributed by atoms with van der Waals surface area (Å²) in [4.78, 5) is 29.1. The fourth-order valence-electron chi connectivity index (χ4n) is 5.62. The van der Waals surface area contributed by atoms with Crippen LogP contribution in [0.5, 0.6) is 23.0 Å². The first kappa shape index (κ1) is 25.4. The van der Waals surface area contributed by atoms with Gasteiger partial charge in [0.05, 0.1) is 25.3 Å². The normalized spacial score (nSPS) is 18.3. The number of aromatic nitrogens is 4. The average molecular weight is 557 g/mol. The van der Waals surface area contributed by atoms with Crippen LogP contribution >= 0.6 is 0 Å². The van der Waals surface area contributed by atoms with Gasteiger partial charge in [0.2, 0.25) is 11.9 Å². The molecule has 0 bridgehead atoms. The second-order valence-corrected chi connectivity index (χ2v) is 10.6. The van der Waals surface area contributed by atoms with Crippen LogP contribution in [-0.4, -0.2) is 76.9 Å². The first-order valence-corrected chi connectivity index (χ1v) is 14.0. The number of likely N-dealkylation sites (tertiary alicyclic amines) is 1. The number of piperidine rings is 1. The standard InChI is InChI=1S/C30H32N6O5/c1-38-24-15-21-22(16-25(24)39-2)36(28(33-21)19-7-8-23-26(14-19)41-13-12-40-23)27-9-10-31-30(34-27)32-20-4-3-11-35(17-20)29(37)18-5-6-18/h7-10,14-16,18,20H,3-6,11-13,17H2,1-2H3,(H,31,32,34). The highest BCUT2D eigenvalue weighted by atomic mass is 16.6. The number of methoxy groups -OCH3 is 2. The van der Waals surface area contributed by atoms with Crippen LogP contribution in [0, 0.1) is 5.92 Å². The molecule has 1 atom stereocenters. The molecule has 1 saturated heterocycles. The number of fused-ring (bicyclic) bond motifs is 2. The second kappa shape index (κ2) is 10.5. The summed E-state index contributed by atoms with van der Waals surface area (Å²) in [5, 5.41) is 3.49. The molecule has 11 heteroatoms. The lowest BCUT2D eigenvalue weighted by atomic mass is 10.1. The van der Waals surface area contributed by atoms with Crippen molar-refractivity contribution in [3.63, 3.8) is 0 Å². The number of nitrogens with one attached hydrogen (secondary N) is 1. The Morgan fingerprint density at radius 3 is 2.59 bits per heavy atom. The number of rotatable bonds is 7. The molecule has 4 aromatic rings. The SMILES string of the molecule is COc1cc2nc(-c3ccc4c(c3)OCCO4)n(-c3ccnc(NC4CCCN(C(=O)C5CC5)C4)n3)c2cc1OC. The number of carbonyl (C=O) groups is 1. The summed E-state index contributed by atoms with van der Waals surface area (Å²) >= 11 is 0.